The van der Waals surface area contributed by atoms with E-state index in [1.54, 1.807) is 6.92 Å². The zero-order valence-electron chi connectivity index (χ0n) is 6.52. The maximum Gasteiger partial charge on any atom is 0.356 e. The van der Waals surface area contributed by atoms with Crippen LogP contribution in [0.2, 0.25) is 0 Å². The van der Waals surface area contributed by atoms with Crippen molar-refractivity contribution in [2.75, 3.05) is 6.61 Å². The van der Waals surface area contributed by atoms with Crippen LogP contribution in [0, 0.1) is 0 Å². The van der Waals surface area contributed by atoms with Gasteiger partial charge < -0.3 is 9.84 Å². The fourth-order valence-electron chi connectivity index (χ4n) is 0.669. The van der Waals surface area contributed by atoms with Crippen molar-refractivity contribution in [1.82, 2.24) is 9.97 Å². The van der Waals surface area contributed by atoms with Gasteiger partial charge in [-0.1, -0.05) is 0 Å². The fourth-order valence-corrected chi connectivity index (χ4v) is 0.669. The van der Waals surface area contributed by atoms with Crippen LogP contribution in [0.4, 0.5) is 0 Å². The van der Waals surface area contributed by atoms with Crippen LogP contribution in [0.5, 0.6) is 5.88 Å². The van der Waals surface area contributed by atoms with E-state index in [4.69, 9.17) is 9.84 Å². The molecule has 12 heavy (non-hydrogen) atoms. The lowest BCUT2D eigenvalue weighted by Gasteiger charge is -2.00. The lowest BCUT2D eigenvalue weighted by atomic mass is 10.5. The Hall–Kier alpha value is -1.65. The number of carboxylic acids is 1. The molecule has 1 heterocycles. The minimum Gasteiger partial charge on any atom is -0.477 e. The van der Waals surface area contributed by atoms with Crippen molar-refractivity contribution < 1.29 is 14.6 Å². The first-order valence-corrected chi connectivity index (χ1v) is 3.42. The van der Waals surface area contributed by atoms with Gasteiger partial charge in [-0.15, -0.1) is 0 Å². The van der Waals surface area contributed by atoms with Gasteiger partial charge >= 0.3 is 5.97 Å². The average molecular weight is 168 g/mol. The molecule has 0 aliphatic rings. The Balaban J connectivity index is 2.88. The summed E-state index contributed by atoms with van der Waals surface area (Å²) in [5.74, 6) is -0.874. The summed E-state index contributed by atoms with van der Waals surface area (Å²) in [6.45, 7) is 2.23. The van der Waals surface area contributed by atoms with Crippen LogP contribution in [-0.4, -0.2) is 27.7 Å². The fraction of sp³-hybridized carbons (Fsp3) is 0.286. The average Bonchev–Trinajstić information content (AvgIpc) is 2.05. The van der Waals surface area contributed by atoms with Crippen molar-refractivity contribution in [3.8, 4) is 5.88 Å². The highest BCUT2D eigenvalue weighted by atomic mass is 16.5. The van der Waals surface area contributed by atoms with Gasteiger partial charge in [-0.05, 0) is 6.92 Å². The van der Waals surface area contributed by atoms with Gasteiger partial charge in [0.1, 0.15) is 0 Å². The third-order valence-corrected chi connectivity index (χ3v) is 1.12. The molecule has 0 bridgehead atoms. The van der Waals surface area contributed by atoms with Gasteiger partial charge in [0.15, 0.2) is 5.69 Å². The molecule has 0 amide bonds. The molecule has 0 unspecified atom stereocenters. The standard InChI is InChI=1S/C7H8N2O3/c1-2-12-6-4-8-3-5(9-6)7(10)11/h3-4H,2H2,1H3,(H,10,11). The molecule has 0 fully saturated rings. The smallest absolute Gasteiger partial charge is 0.356 e. The number of hydrogen-bond donors (Lipinski definition) is 1. The molecule has 64 valence electrons. The highest BCUT2D eigenvalue weighted by Crippen LogP contribution is 2.04. The number of carbonyl (C=O) groups is 1. The number of aromatic nitrogens is 2. The van der Waals surface area contributed by atoms with Gasteiger partial charge in [-0.25, -0.2) is 9.78 Å². The van der Waals surface area contributed by atoms with Crippen molar-refractivity contribution in [3.05, 3.63) is 18.1 Å². The number of aromatic carboxylic acids is 1. The molecule has 5 nitrogen and oxygen atoms in total. The summed E-state index contributed by atoms with van der Waals surface area (Å²) in [4.78, 5) is 17.7. The predicted octanol–water partition coefficient (Wildman–Crippen LogP) is 0.573. The first-order chi connectivity index (χ1) is 5.74. The van der Waals surface area contributed by atoms with Gasteiger partial charge in [-0.3, -0.25) is 4.98 Å². The van der Waals surface area contributed by atoms with Crippen LogP contribution < -0.4 is 4.74 Å². The molecule has 0 saturated carbocycles. The third-order valence-electron chi connectivity index (χ3n) is 1.12. The predicted molar refractivity (Wildman–Crippen MR) is 40.2 cm³/mol. The van der Waals surface area contributed by atoms with Crippen molar-refractivity contribution in [2.45, 2.75) is 6.92 Å². The van der Waals surface area contributed by atoms with Crippen molar-refractivity contribution >= 4 is 5.97 Å². The van der Waals surface area contributed by atoms with E-state index < -0.39 is 5.97 Å². The van der Waals surface area contributed by atoms with Crippen LogP contribution in [0.25, 0.3) is 0 Å². The van der Waals surface area contributed by atoms with E-state index in [1.165, 1.54) is 12.4 Å². The van der Waals surface area contributed by atoms with E-state index in [9.17, 15) is 4.79 Å². The summed E-state index contributed by atoms with van der Waals surface area (Å²) >= 11 is 0. The summed E-state index contributed by atoms with van der Waals surface area (Å²) in [6, 6.07) is 0. The minimum atomic E-state index is -1.11. The first-order valence-electron chi connectivity index (χ1n) is 3.42. The van der Waals surface area contributed by atoms with E-state index in [0.29, 0.717) is 6.61 Å². The number of rotatable bonds is 3. The second-order valence-corrected chi connectivity index (χ2v) is 1.98. The Bertz CT molecular complexity index is 288. The maximum atomic E-state index is 10.4. The molecule has 5 heteroatoms. The molecular formula is C7H8N2O3. The molecule has 0 saturated heterocycles. The van der Waals surface area contributed by atoms with Crippen molar-refractivity contribution in [2.24, 2.45) is 0 Å². The highest BCUT2D eigenvalue weighted by Gasteiger charge is 2.05. The second-order valence-electron chi connectivity index (χ2n) is 1.98. The molecule has 0 radical (unpaired) electrons. The molecule has 1 aromatic rings. The largest absolute Gasteiger partial charge is 0.477 e. The van der Waals surface area contributed by atoms with Gasteiger partial charge in [0, 0.05) is 0 Å². The van der Waals surface area contributed by atoms with E-state index in [0.717, 1.165) is 0 Å². The maximum absolute atomic E-state index is 10.4. The minimum absolute atomic E-state index is 0.110. The summed E-state index contributed by atoms with van der Waals surface area (Å²) in [5, 5.41) is 8.52. The number of hydrogen-bond acceptors (Lipinski definition) is 4. The van der Waals surface area contributed by atoms with Crippen molar-refractivity contribution in [3.63, 3.8) is 0 Å². The monoisotopic (exact) mass is 168 g/mol. The van der Waals surface area contributed by atoms with E-state index in [1.807, 2.05) is 0 Å². The summed E-state index contributed by atoms with van der Waals surface area (Å²) < 4.78 is 4.96. The van der Waals surface area contributed by atoms with Gasteiger partial charge in [0.05, 0.1) is 19.0 Å². The first kappa shape index (κ1) is 8.45. The molecule has 0 aromatic carbocycles. The molecule has 1 rings (SSSR count). The zero-order valence-corrected chi connectivity index (χ0v) is 6.52. The van der Waals surface area contributed by atoms with Crippen LogP contribution >= 0.6 is 0 Å². The number of carboxylic acid groups (broad SMARTS) is 1. The number of ether oxygens (including phenoxy) is 1. The quantitative estimate of drug-likeness (QED) is 0.714. The van der Waals surface area contributed by atoms with E-state index in [2.05, 4.69) is 9.97 Å². The molecular weight excluding hydrogens is 160 g/mol. The lowest BCUT2D eigenvalue weighted by Crippen LogP contribution is -2.03. The lowest BCUT2D eigenvalue weighted by molar-refractivity contribution is 0.0688. The van der Waals surface area contributed by atoms with Gasteiger partial charge in [0.2, 0.25) is 5.88 Å². The van der Waals surface area contributed by atoms with Crippen LogP contribution in [0.3, 0.4) is 0 Å². The van der Waals surface area contributed by atoms with Crippen molar-refractivity contribution in [1.29, 1.82) is 0 Å². The molecule has 0 spiro atoms. The van der Waals surface area contributed by atoms with Crippen LogP contribution in [0.15, 0.2) is 12.4 Å². The van der Waals surface area contributed by atoms with E-state index in [-0.39, 0.29) is 11.6 Å². The van der Waals surface area contributed by atoms with Crippen LogP contribution in [0.1, 0.15) is 17.4 Å². The summed E-state index contributed by atoms with van der Waals surface area (Å²) in [5.41, 5.74) is -0.110. The summed E-state index contributed by atoms with van der Waals surface area (Å²) in [6.07, 6.45) is 2.54. The Morgan fingerprint density at radius 1 is 1.67 bits per heavy atom. The third kappa shape index (κ3) is 1.91. The van der Waals surface area contributed by atoms with Crippen LogP contribution in [-0.2, 0) is 0 Å². The Morgan fingerprint density at radius 3 is 3.00 bits per heavy atom. The topological polar surface area (TPSA) is 72.3 Å². The summed E-state index contributed by atoms with van der Waals surface area (Å²) in [7, 11) is 0. The Labute approximate surface area is 69.0 Å². The zero-order chi connectivity index (χ0) is 8.97. The van der Waals surface area contributed by atoms with E-state index >= 15 is 0 Å². The SMILES string of the molecule is CCOc1cncc(C(=O)O)n1. The number of nitrogens with zero attached hydrogens (tertiary/aromatic N) is 2. The van der Waals surface area contributed by atoms with Gasteiger partial charge in [0.25, 0.3) is 0 Å². The van der Waals surface area contributed by atoms with Gasteiger partial charge in [-0.2, -0.15) is 0 Å². The Kier molecular flexibility index (Phi) is 2.57. The molecule has 0 atom stereocenters. The second kappa shape index (κ2) is 3.66. The normalized spacial score (nSPS) is 9.42. The molecule has 0 aliphatic heterocycles. The highest BCUT2D eigenvalue weighted by molar-refractivity contribution is 5.84. The Morgan fingerprint density at radius 2 is 2.42 bits per heavy atom. The molecule has 1 aromatic heterocycles. The molecule has 1 N–H and O–H groups in total. The molecule has 0 aliphatic carbocycles.